The van der Waals surface area contributed by atoms with Crippen molar-refractivity contribution in [1.29, 1.82) is 0 Å². The molecule has 2 amide bonds. The first-order valence-corrected chi connectivity index (χ1v) is 11.3. The minimum Gasteiger partial charge on any atom is -0.444 e. The molecule has 4 rings (SSSR count). The zero-order valence-electron chi connectivity index (χ0n) is 17.8. The number of carbonyl (C=O) groups excluding carboxylic acids is 2. The molecule has 2 aromatic rings. The molecule has 0 aliphatic carbocycles. The Morgan fingerprint density at radius 2 is 2.21 bits per heavy atom. The fourth-order valence-corrected chi connectivity index (χ4v) is 4.24. The van der Waals surface area contributed by atoms with Crippen molar-refractivity contribution in [3.8, 4) is 12.3 Å². The van der Waals surface area contributed by atoms with Crippen LogP contribution in [-0.4, -0.2) is 64.5 Å². The molecule has 2 aliphatic rings. The summed E-state index contributed by atoms with van der Waals surface area (Å²) in [5.41, 5.74) is 1.62. The lowest BCUT2D eigenvalue weighted by molar-refractivity contribution is -0.125. The second-order valence-electron chi connectivity index (χ2n) is 7.78. The van der Waals surface area contributed by atoms with Crippen molar-refractivity contribution < 1.29 is 23.9 Å². The number of oxime groups is 1. The fraction of sp³-hybridized carbons (Fsp3) is 0.391. The Balaban J connectivity index is 1.37. The van der Waals surface area contributed by atoms with E-state index in [0.29, 0.717) is 17.5 Å². The van der Waals surface area contributed by atoms with Gasteiger partial charge in [-0.05, 0) is 28.1 Å². The molecule has 1 fully saturated rings. The SMILES string of the molecule is C#CCO[C@@H]1CC(C(=O)NCC2CC(Br)=NO2)N(C(=O)OCc2cnc3ccccc3c2)C1. The highest BCUT2D eigenvalue weighted by atomic mass is 79.9. The zero-order chi connectivity index (χ0) is 23.2. The first-order chi connectivity index (χ1) is 16.0. The fourth-order valence-electron chi connectivity index (χ4n) is 3.79. The third kappa shape index (κ3) is 5.80. The summed E-state index contributed by atoms with van der Waals surface area (Å²) in [5, 5.41) is 7.59. The summed E-state index contributed by atoms with van der Waals surface area (Å²) in [4.78, 5) is 36.7. The van der Waals surface area contributed by atoms with Crippen molar-refractivity contribution in [2.45, 2.75) is 37.7 Å². The number of fused-ring (bicyclic) bond motifs is 1. The summed E-state index contributed by atoms with van der Waals surface area (Å²) in [6.45, 7) is 0.628. The maximum atomic E-state index is 12.9. The van der Waals surface area contributed by atoms with Crippen molar-refractivity contribution in [1.82, 2.24) is 15.2 Å². The minimum atomic E-state index is -0.735. The first-order valence-electron chi connectivity index (χ1n) is 10.5. The molecule has 10 heteroatoms. The van der Waals surface area contributed by atoms with Crippen LogP contribution in [0.1, 0.15) is 18.4 Å². The van der Waals surface area contributed by atoms with E-state index in [1.807, 2.05) is 30.3 Å². The Kier molecular flexibility index (Phi) is 7.42. The van der Waals surface area contributed by atoms with Gasteiger partial charge in [0.05, 0.1) is 24.7 Å². The van der Waals surface area contributed by atoms with Crippen LogP contribution in [0, 0.1) is 12.3 Å². The van der Waals surface area contributed by atoms with Crippen LogP contribution in [0.3, 0.4) is 0 Å². The number of pyridine rings is 1. The van der Waals surface area contributed by atoms with Crippen LogP contribution in [-0.2, 0) is 25.7 Å². The molecule has 1 saturated heterocycles. The smallest absolute Gasteiger partial charge is 0.410 e. The monoisotopic (exact) mass is 514 g/mol. The largest absolute Gasteiger partial charge is 0.444 e. The number of hydrogen-bond donors (Lipinski definition) is 1. The number of nitrogens with one attached hydrogen (secondary N) is 1. The van der Waals surface area contributed by atoms with Gasteiger partial charge in [0.1, 0.15) is 23.9 Å². The van der Waals surface area contributed by atoms with E-state index in [4.69, 9.17) is 20.7 Å². The normalized spacial score (nSPS) is 21.9. The molecule has 0 spiro atoms. The Morgan fingerprint density at radius 3 is 3.00 bits per heavy atom. The van der Waals surface area contributed by atoms with E-state index < -0.39 is 12.1 Å². The molecule has 1 N–H and O–H groups in total. The van der Waals surface area contributed by atoms with E-state index in [9.17, 15) is 9.59 Å². The maximum Gasteiger partial charge on any atom is 0.410 e. The highest BCUT2D eigenvalue weighted by Crippen LogP contribution is 2.23. The van der Waals surface area contributed by atoms with Gasteiger partial charge in [0.15, 0.2) is 6.10 Å². The van der Waals surface area contributed by atoms with Crippen molar-refractivity contribution in [2.75, 3.05) is 19.7 Å². The third-order valence-electron chi connectivity index (χ3n) is 5.41. The van der Waals surface area contributed by atoms with Crippen molar-refractivity contribution >= 4 is 43.5 Å². The predicted molar refractivity (Wildman–Crippen MR) is 124 cm³/mol. The number of halogens is 1. The number of para-hydroxylation sites is 1. The molecule has 2 unspecified atom stereocenters. The number of hydrogen-bond acceptors (Lipinski definition) is 7. The van der Waals surface area contributed by atoms with Gasteiger partial charge in [-0.15, -0.1) is 6.42 Å². The minimum absolute atomic E-state index is 0.0403. The molecule has 0 bridgehead atoms. The summed E-state index contributed by atoms with van der Waals surface area (Å²) in [7, 11) is 0. The lowest BCUT2D eigenvalue weighted by atomic mass is 10.1. The summed E-state index contributed by atoms with van der Waals surface area (Å²) in [6.07, 6.45) is 6.65. The van der Waals surface area contributed by atoms with E-state index in [1.165, 1.54) is 4.90 Å². The Labute approximate surface area is 199 Å². The van der Waals surface area contributed by atoms with E-state index in [1.54, 1.807) is 6.20 Å². The van der Waals surface area contributed by atoms with Gasteiger partial charge in [0.2, 0.25) is 5.91 Å². The van der Waals surface area contributed by atoms with Crippen LogP contribution in [0.5, 0.6) is 0 Å². The molecule has 3 atom stereocenters. The third-order valence-corrected chi connectivity index (χ3v) is 5.88. The molecule has 1 aromatic carbocycles. The number of amides is 2. The average molecular weight is 515 g/mol. The Hall–Kier alpha value is -3.16. The molecule has 0 saturated carbocycles. The summed E-state index contributed by atoms with van der Waals surface area (Å²) in [6, 6.07) is 8.88. The second-order valence-corrected chi connectivity index (χ2v) is 8.69. The lowest BCUT2D eigenvalue weighted by Gasteiger charge is -2.23. The van der Waals surface area contributed by atoms with Crippen LogP contribution < -0.4 is 5.32 Å². The highest BCUT2D eigenvalue weighted by molar-refractivity contribution is 9.18. The van der Waals surface area contributed by atoms with Gasteiger partial charge in [-0.1, -0.05) is 29.3 Å². The molecular weight excluding hydrogens is 492 g/mol. The number of benzene rings is 1. The van der Waals surface area contributed by atoms with Crippen molar-refractivity contribution in [2.24, 2.45) is 5.16 Å². The van der Waals surface area contributed by atoms with Gasteiger partial charge >= 0.3 is 6.09 Å². The molecule has 2 aliphatic heterocycles. The topological polar surface area (TPSA) is 102 Å². The Morgan fingerprint density at radius 1 is 1.36 bits per heavy atom. The molecule has 0 radical (unpaired) electrons. The first kappa shape index (κ1) is 23.0. The van der Waals surface area contributed by atoms with E-state index in [2.05, 4.69) is 37.3 Å². The molecule has 1 aromatic heterocycles. The average Bonchev–Trinajstić information content (AvgIpc) is 3.45. The van der Waals surface area contributed by atoms with E-state index >= 15 is 0 Å². The zero-order valence-corrected chi connectivity index (χ0v) is 19.4. The molecule has 3 heterocycles. The number of likely N-dealkylation sites (tertiary alicyclic amines) is 1. The van der Waals surface area contributed by atoms with Crippen LogP contribution in [0.15, 0.2) is 41.7 Å². The van der Waals surface area contributed by atoms with E-state index in [-0.39, 0.29) is 44.4 Å². The van der Waals surface area contributed by atoms with Crippen LogP contribution in [0.2, 0.25) is 0 Å². The number of nitrogens with zero attached hydrogens (tertiary/aromatic N) is 3. The van der Waals surface area contributed by atoms with Gasteiger partial charge in [0, 0.05) is 30.0 Å². The van der Waals surface area contributed by atoms with Crippen molar-refractivity contribution in [3.05, 3.63) is 42.1 Å². The van der Waals surface area contributed by atoms with Gasteiger partial charge < -0.3 is 19.6 Å². The number of terminal acetylenes is 1. The number of rotatable bonds is 7. The maximum absolute atomic E-state index is 12.9. The quantitative estimate of drug-likeness (QED) is 0.569. The molecular formula is C23H23BrN4O5. The molecule has 9 nitrogen and oxygen atoms in total. The van der Waals surface area contributed by atoms with Gasteiger partial charge in [-0.25, -0.2) is 4.79 Å². The van der Waals surface area contributed by atoms with Crippen LogP contribution >= 0.6 is 15.9 Å². The highest BCUT2D eigenvalue weighted by Gasteiger charge is 2.41. The van der Waals surface area contributed by atoms with Crippen LogP contribution in [0.25, 0.3) is 10.9 Å². The van der Waals surface area contributed by atoms with E-state index in [0.717, 1.165) is 16.5 Å². The number of carbonyl (C=O) groups is 2. The predicted octanol–water partition coefficient (Wildman–Crippen LogP) is 2.58. The lowest BCUT2D eigenvalue weighted by Crippen LogP contribution is -2.47. The van der Waals surface area contributed by atoms with Gasteiger partial charge in [-0.3, -0.25) is 14.7 Å². The van der Waals surface area contributed by atoms with Gasteiger partial charge in [-0.2, -0.15) is 0 Å². The summed E-state index contributed by atoms with van der Waals surface area (Å²) in [5.74, 6) is 2.10. The number of aromatic nitrogens is 1. The summed E-state index contributed by atoms with van der Waals surface area (Å²) < 4.78 is 11.8. The number of ether oxygens (including phenoxy) is 2. The van der Waals surface area contributed by atoms with Crippen molar-refractivity contribution in [3.63, 3.8) is 0 Å². The Bertz CT molecular complexity index is 1100. The van der Waals surface area contributed by atoms with Gasteiger partial charge in [0.25, 0.3) is 0 Å². The summed E-state index contributed by atoms with van der Waals surface area (Å²) >= 11 is 3.27. The van der Waals surface area contributed by atoms with Crippen LogP contribution in [0.4, 0.5) is 4.79 Å². The second kappa shape index (κ2) is 10.6. The standard InChI is InChI=1S/C23H23BrN4O5/c1-2-7-31-18-9-20(22(29)26-12-17-10-21(24)27-33-17)28(13-18)23(30)32-14-15-8-16-5-3-4-6-19(16)25-11-15/h1,3-6,8,11,17-18,20H,7,9-10,12-14H2,(H,26,29)/t17?,18-,20?/m1/s1. The molecule has 172 valence electrons. The molecule has 33 heavy (non-hydrogen) atoms.